The van der Waals surface area contributed by atoms with Gasteiger partial charge in [-0.3, -0.25) is 4.79 Å². The van der Waals surface area contributed by atoms with Crippen LogP contribution in [0.25, 0.3) is 0 Å². The number of aliphatic hydroxyl groups is 2. The van der Waals surface area contributed by atoms with E-state index in [1.165, 1.54) is 12.8 Å². The number of rotatable bonds is 8. The molecule has 0 amide bonds. The lowest BCUT2D eigenvalue weighted by Crippen LogP contribution is -2.61. The van der Waals surface area contributed by atoms with Crippen molar-refractivity contribution in [2.75, 3.05) is 6.61 Å². The summed E-state index contributed by atoms with van der Waals surface area (Å²) in [5.74, 6) is 0.138. The van der Waals surface area contributed by atoms with Crippen LogP contribution in [0.1, 0.15) is 85.0 Å². The van der Waals surface area contributed by atoms with Crippen molar-refractivity contribution in [2.45, 2.75) is 109 Å². The molecular formula is C27H42F3O7S-. The maximum Gasteiger partial charge on any atom is 0.368 e. The van der Waals surface area contributed by atoms with Crippen LogP contribution in [0.2, 0.25) is 0 Å². The van der Waals surface area contributed by atoms with E-state index in [9.17, 15) is 41.1 Å². The van der Waals surface area contributed by atoms with Crippen molar-refractivity contribution in [2.24, 2.45) is 46.3 Å². The molecule has 0 aromatic rings. The van der Waals surface area contributed by atoms with E-state index in [0.717, 1.165) is 32.1 Å². The first-order valence-corrected chi connectivity index (χ1v) is 15.4. The van der Waals surface area contributed by atoms with Gasteiger partial charge >= 0.3 is 11.2 Å². The zero-order valence-electron chi connectivity index (χ0n) is 22.5. The SMILES string of the molecule is C[C@H](CCC(=O)OCC(F)C(F)(F)S(=O)(=O)[O-])[C@H]1CC[C@H]2[C@@H]3[C@H](O)C[C@@H]4CCCC[C@]4(C)[C@H]3C[C@H](O)[C@]12C. The molecule has 220 valence electrons. The fourth-order valence-corrected chi connectivity index (χ4v) is 9.61. The number of esters is 1. The number of hydrogen-bond donors (Lipinski definition) is 2. The molecule has 4 rings (SSSR count). The van der Waals surface area contributed by atoms with Gasteiger partial charge in [0.25, 0.3) is 0 Å². The van der Waals surface area contributed by atoms with Gasteiger partial charge in [-0.25, -0.2) is 12.8 Å². The quantitative estimate of drug-likeness (QED) is 0.329. The van der Waals surface area contributed by atoms with Gasteiger partial charge < -0.3 is 19.5 Å². The average Bonchev–Trinajstić information content (AvgIpc) is 3.19. The number of fused-ring (bicyclic) bond motifs is 5. The van der Waals surface area contributed by atoms with Crippen LogP contribution < -0.4 is 0 Å². The fourth-order valence-electron chi connectivity index (χ4n) is 9.23. The number of carbonyl (C=O) groups is 1. The minimum atomic E-state index is -6.22. The minimum Gasteiger partial charge on any atom is -0.743 e. The Hall–Kier alpha value is -0.910. The molecule has 0 saturated heterocycles. The minimum absolute atomic E-state index is 0.0351. The molecule has 38 heavy (non-hydrogen) atoms. The van der Waals surface area contributed by atoms with Crippen molar-refractivity contribution in [3.8, 4) is 0 Å². The molecule has 0 aromatic carbocycles. The number of hydrogen-bond acceptors (Lipinski definition) is 7. The van der Waals surface area contributed by atoms with E-state index in [-0.39, 0.29) is 47.5 Å². The maximum atomic E-state index is 13.6. The maximum absolute atomic E-state index is 13.6. The van der Waals surface area contributed by atoms with Crippen molar-refractivity contribution < 1.29 is 45.9 Å². The van der Waals surface area contributed by atoms with Crippen LogP contribution >= 0.6 is 0 Å². The van der Waals surface area contributed by atoms with Crippen LogP contribution in [0.15, 0.2) is 0 Å². The van der Waals surface area contributed by atoms with E-state index in [4.69, 9.17) is 0 Å². The van der Waals surface area contributed by atoms with Crippen molar-refractivity contribution in [1.29, 1.82) is 0 Å². The standard InChI is InChI=1S/C27H43F3O7S/c1-15(7-10-23(33)37-14-21(28)27(29,30)38(34,35)36)17-8-9-18-24-19(13-22(32)26(17,18)3)25(2)11-5-4-6-16(25)12-20(24)31/h15-22,24,31-32H,4-14H2,1-3H3,(H,34,35,36)/p-1/t15-,16+,17-,18+,19+,20-,21?,22+,24+,25+,26-/m1/s1. The van der Waals surface area contributed by atoms with Crippen LogP contribution in [-0.2, 0) is 19.6 Å². The summed E-state index contributed by atoms with van der Waals surface area (Å²) in [6.45, 7) is 4.91. The fraction of sp³-hybridized carbons (Fsp3) is 0.963. The van der Waals surface area contributed by atoms with Gasteiger partial charge in [0.1, 0.15) is 6.61 Å². The van der Waals surface area contributed by atoms with Gasteiger partial charge in [-0.1, -0.05) is 33.6 Å². The molecule has 0 heterocycles. The molecule has 0 bridgehead atoms. The molecule has 7 nitrogen and oxygen atoms in total. The van der Waals surface area contributed by atoms with Crippen molar-refractivity contribution >= 4 is 16.1 Å². The smallest absolute Gasteiger partial charge is 0.368 e. The van der Waals surface area contributed by atoms with E-state index < -0.39 is 45.6 Å². The second-order valence-corrected chi connectivity index (χ2v) is 14.5. The number of carbonyl (C=O) groups excluding carboxylic acids is 1. The number of halogens is 3. The van der Waals surface area contributed by atoms with Gasteiger partial charge in [-0.2, -0.15) is 8.78 Å². The molecule has 1 unspecified atom stereocenters. The number of aliphatic hydroxyl groups excluding tert-OH is 2. The monoisotopic (exact) mass is 567 g/mol. The zero-order valence-corrected chi connectivity index (χ0v) is 23.3. The lowest BCUT2D eigenvalue weighted by atomic mass is 9.43. The summed E-state index contributed by atoms with van der Waals surface area (Å²) in [5, 5.41) is 17.7. The summed E-state index contributed by atoms with van der Waals surface area (Å²) in [6, 6.07) is 0. The molecular weight excluding hydrogens is 525 g/mol. The number of ether oxygens (including phenoxy) is 1. The van der Waals surface area contributed by atoms with Gasteiger partial charge in [-0.15, -0.1) is 0 Å². The molecule has 4 aliphatic rings. The van der Waals surface area contributed by atoms with Gasteiger partial charge in [0.2, 0.25) is 6.17 Å². The van der Waals surface area contributed by atoms with E-state index in [1.807, 2.05) is 6.92 Å². The van der Waals surface area contributed by atoms with Crippen LogP contribution in [-0.4, -0.2) is 59.4 Å². The van der Waals surface area contributed by atoms with Crippen molar-refractivity contribution in [3.05, 3.63) is 0 Å². The molecule has 11 heteroatoms. The first-order chi connectivity index (χ1) is 17.5. The molecule has 0 aromatic heterocycles. The Morgan fingerprint density at radius 2 is 1.82 bits per heavy atom. The summed E-state index contributed by atoms with van der Waals surface area (Å²) >= 11 is 0. The summed E-state index contributed by atoms with van der Waals surface area (Å²) in [4.78, 5) is 12.1. The molecule has 0 radical (unpaired) electrons. The second-order valence-electron chi connectivity index (χ2n) is 13.0. The molecule has 4 saturated carbocycles. The topological polar surface area (TPSA) is 124 Å². The average molecular weight is 568 g/mol. The highest BCUT2D eigenvalue weighted by Gasteiger charge is 2.65. The first kappa shape index (κ1) is 30.1. The second kappa shape index (κ2) is 10.5. The van der Waals surface area contributed by atoms with E-state index in [0.29, 0.717) is 18.8 Å². The first-order valence-electron chi connectivity index (χ1n) is 14.0. The third-order valence-electron chi connectivity index (χ3n) is 11.4. The number of alkyl halides is 3. The summed E-state index contributed by atoms with van der Waals surface area (Å²) in [7, 11) is -6.22. The Morgan fingerprint density at radius 3 is 2.47 bits per heavy atom. The van der Waals surface area contributed by atoms with Gasteiger partial charge in [0.05, 0.1) is 12.2 Å². The third-order valence-corrected chi connectivity index (χ3v) is 12.3. The Balaban J connectivity index is 1.39. The van der Waals surface area contributed by atoms with Crippen LogP contribution in [0, 0.1) is 46.3 Å². The van der Waals surface area contributed by atoms with E-state index in [1.54, 1.807) is 0 Å². The van der Waals surface area contributed by atoms with E-state index in [2.05, 4.69) is 18.6 Å². The van der Waals surface area contributed by atoms with Crippen LogP contribution in [0.5, 0.6) is 0 Å². The lowest BCUT2D eigenvalue weighted by Gasteiger charge is -2.63. The Labute approximate surface area is 223 Å². The van der Waals surface area contributed by atoms with Gasteiger partial charge in [0, 0.05) is 6.42 Å². The summed E-state index contributed by atoms with van der Waals surface area (Å²) < 4.78 is 76.3. The van der Waals surface area contributed by atoms with Crippen LogP contribution in [0.3, 0.4) is 0 Å². The largest absolute Gasteiger partial charge is 0.743 e. The van der Waals surface area contributed by atoms with E-state index >= 15 is 0 Å². The molecule has 2 N–H and O–H groups in total. The highest BCUT2D eigenvalue weighted by Crippen LogP contribution is 2.68. The van der Waals surface area contributed by atoms with Crippen molar-refractivity contribution in [1.82, 2.24) is 0 Å². The van der Waals surface area contributed by atoms with Gasteiger partial charge in [0.15, 0.2) is 10.1 Å². The van der Waals surface area contributed by atoms with Gasteiger partial charge in [-0.05, 0) is 91.3 Å². The lowest BCUT2D eigenvalue weighted by molar-refractivity contribution is -0.201. The van der Waals surface area contributed by atoms with Crippen molar-refractivity contribution in [3.63, 3.8) is 0 Å². The molecule has 11 atom stereocenters. The van der Waals surface area contributed by atoms with Crippen LogP contribution in [0.4, 0.5) is 13.2 Å². The summed E-state index contributed by atoms with van der Waals surface area (Å²) in [6.07, 6.45) is 3.61. The highest BCUT2D eigenvalue weighted by atomic mass is 32.2. The predicted molar refractivity (Wildman–Crippen MR) is 132 cm³/mol. The zero-order chi connectivity index (χ0) is 28.3. The molecule has 4 fully saturated rings. The Bertz CT molecular complexity index is 993. The Kier molecular flexibility index (Phi) is 8.30. The molecule has 4 aliphatic carbocycles. The molecule has 0 spiro atoms. The third kappa shape index (κ3) is 4.91. The highest BCUT2D eigenvalue weighted by molar-refractivity contribution is 7.86. The molecule has 0 aliphatic heterocycles. The summed E-state index contributed by atoms with van der Waals surface area (Å²) in [5.41, 5.74) is -0.299. The normalized spacial score (nSPS) is 42.9. The predicted octanol–water partition coefficient (Wildman–Crippen LogP) is 4.41. The Morgan fingerprint density at radius 1 is 1.13 bits per heavy atom.